The zero-order valence-corrected chi connectivity index (χ0v) is 20.8. The number of likely N-dealkylation sites (tertiary alicyclic amines) is 1. The SMILES string of the molecule is COc1cc(OC2CCN(C)CC2)ccc1Nc1nc(NC2CCC(C)(O)CC2)c2cccn2n1. The minimum atomic E-state index is -0.569. The number of nitrogens with zero attached hydrogens (tertiary/aromatic N) is 4. The van der Waals surface area contributed by atoms with Crippen LogP contribution in [0.3, 0.4) is 0 Å². The van der Waals surface area contributed by atoms with E-state index in [0.29, 0.717) is 11.7 Å². The molecule has 1 aliphatic heterocycles. The molecule has 1 aromatic carbocycles. The molecule has 1 saturated carbocycles. The van der Waals surface area contributed by atoms with Crippen molar-refractivity contribution < 1.29 is 14.6 Å². The lowest BCUT2D eigenvalue weighted by molar-refractivity contribution is 0.0196. The van der Waals surface area contributed by atoms with E-state index in [0.717, 1.165) is 74.4 Å². The fourth-order valence-corrected chi connectivity index (χ4v) is 4.93. The monoisotopic (exact) mass is 480 g/mol. The maximum atomic E-state index is 10.3. The molecular formula is C26H36N6O3. The number of nitrogens with one attached hydrogen (secondary N) is 2. The summed E-state index contributed by atoms with van der Waals surface area (Å²) in [6, 6.07) is 10.1. The fourth-order valence-electron chi connectivity index (χ4n) is 4.93. The highest BCUT2D eigenvalue weighted by Gasteiger charge is 2.29. The van der Waals surface area contributed by atoms with E-state index in [1.54, 1.807) is 7.11 Å². The number of methoxy groups -OCH3 is 1. The molecule has 0 atom stereocenters. The first-order valence-electron chi connectivity index (χ1n) is 12.5. The van der Waals surface area contributed by atoms with Gasteiger partial charge in [0.1, 0.15) is 23.1 Å². The normalized spacial score (nSPS) is 23.8. The highest BCUT2D eigenvalue weighted by Crippen LogP contribution is 2.33. The maximum Gasteiger partial charge on any atom is 0.247 e. The largest absolute Gasteiger partial charge is 0.494 e. The van der Waals surface area contributed by atoms with Gasteiger partial charge < -0.3 is 30.1 Å². The number of ether oxygens (including phenoxy) is 2. The van der Waals surface area contributed by atoms with Crippen molar-refractivity contribution in [2.75, 3.05) is 37.9 Å². The van der Waals surface area contributed by atoms with E-state index in [1.807, 2.05) is 48.0 Å². The molecular weight excluding hydrogens is 444 g/mol. The minimum absolute atomic E-state index is 0.228. The molecule has 3 aromatic rings. The zero-order chi connectivity index (χ0) is 24.4. The quantitative estimate of drug-likeness (QED) is 0.466. The Bertz CT molecular complexity index is 1150. The smallest absolute Gasteiger partial charge is 0.247 e. The molecule has 0 unspecified atom stereocenters. The summed E-state index contributed by atoms with van der Waals surface area (Å²) >= 11 is 0. The third kappa shape index (κ3) is 5.62. The Morgan fingerprint density at radius 1 is 1.11 bits per heavy atom. The number of hydrogen-bond donors (Lipinski definition) is 3. The molecule has 0 radical (unpaired) electrons. The number of aromatic nitrogens is 3. The molecule has 188 valence electrons. The van der Waals surface area contributed by atoms with E-state index in [-0.39, 0.29) is 12.1 Å². The van der Waals surface area contributed by atoms with E-state index in [9.17, 15) is 5.11 Å². The van der Waals surface area contributed by atoms with Crippen LogP contribution >= 0.6 is 0 Å². The van der Waals surface area contributed by atoms with Crippen LogP contribution < -0.4 is 20.1 Å². The average Bonchev–Trinajstić information content (AvgIpc) is 3.32. The Morgan fingerprint density at radius 3 is 2.63 bits per heavy atom. The third-order valence-corrected chi connectivity index (χ3v) is 7.18. The van der Waals surface area contributed by atoms with Crippen molar-refractivity contribution in [2.45, 2.75) is 63.2 Å². The molecule has 9 heteroatoms. The van der Waals surface area contributed by atoms with Gasteiger partial charge in [-0.15, -0.1) is 5.10 Å². The Balaban J connectivity index is 1.32. The number of piperidine rings is 1. The lowest BCUT2D eigenvalue weighted by Crippen LogP contribution is -2.36. The van der Waals surface area contributed by atoms with Gasteiger partial charge in [-0.3, -0.25) is 0 Å². The van der Waals surface area contributed by atoms with Crippen molar-refractivity contribution in [1.82, 2.24) is 19.5 Å². The van der Waals surface area contributed by atoms with Crippen LogP contribution in [0, 0.1) is 0 Å². The van der Waals surface area contributed by atoms with Crippen molar-refractivity contribution >= 4 is 23.0 Å². The molecule has 5 rings (SSSR count). The third-order valence-electron chi connectivity index (χ3n) is 7.18. The van der Waals surface area contributed by atoms with Crippen LogP contribution in [0.2, 0.25) is 0 Å². The molecule has 35 heavy (non-hydrogen) atoms. The van der Waals surface area contributed by atoms with Gasteiger partial charge in [-0.25, -0.2) is 4.52 Å². The second-order valence-electron chi connectivity index (χ2n) is 10.1. The van der Waals surface area contributed by atoms with Gasteiger partial charge in [0.25, 0.3) is 0 Å². The van der Waals surface area contributed by atoms with Crippen molar-refractivity contribution in [1.29, 1.82) is 0 Å². The second kappa shape index (κ2) is 9.91. The summed E-state index contributed by atoms with van der Waals surface area (Å²) in [5.41, 5.74) is 1.12. The van der Waals surface area contributed by atoms with E-state index in [1.165, 1.54) is 0 Å². The van der Waals surface area contributed by atoms with Crippen LogP contribution in [0.15, 0.2) is 36.5 Å². The molecule has 1 saturated heterocycles. The summed E-state index contributed by atoms with van der Waals surface area (Å²) in [5, 5.41) is 21.8. The van der Waals surface area contributed by atoms with Crippen LogP contribution in [0.25, 0.3) is 5.52 Å². The maximum absolute atomic E-state index is 10.3. The van der Waals surface area contributed by atoms with Crippen LogP contribution in [-0.4, -0.2) is 69.6 Å². The lowest BCUT2D eigenvalue weighted by Gasteiger charge is -2.33. The number of aliphatic hydroxyl groups is 1. The standard InChI is InChI=1S/C26H36N6O3/c1-26(33)12-8-18(9-13-26)27-24-22-5-4-14-32(22)30-25(29-24)28-21-7-6-20(17-23(21)34-3)35-19-10-15-31(2)16-11-19/h4-7,14,17-19,33H,8-13,15-16H2,1-3H3,(H2,27,28,29,30). The van der Waals surface area contributed by atoms with Crippen LogP contribution in [0.1, 0.15) is 45.4 Å². The molecule has 3 N–H and O–H groups in total. The lowest BCUT2D eigenvalue weighted by atomic mass is 9.84. The number of anilines is 3. The minimum Gasteiger partial charge on any atom is -0.494 e. The Morgan fingerprint density at radius 2 is 1.89 bits per heavy atom. The molecule has 0 bridgehead atoms. The van der Waals surface area contributed by atoms with Crippen LogP contribution in [0.4, 0.5) is 17.5 Å². The second-order valence-corrected chi connectivity index (χ2v) is 10.1. The fraction of sp³-hybridized carbons (Fsp3) is 0.538. The number of fused-ring (bicyclic) bond motifs is 1. The number of rotatable bonds is 7. The van der Waals surface area contributed by atoms with Gasteiger partial charge in [0.05, 0.1) is 18.4 Å². The summed E-state index contributed by atoms with van der Waals surface area (Å²) < 4.78 is 13.7. The Hall–Kier alpha value is -3.04. The average molecular weight is 481 g/mol. The number of benzene rings is 1. The summed E-state index contributed by atoms with van der Waals surface area (Å²) in [6.07, 6.45) is 7.55. The first-order chi connectivity index (χ1) is 16.9. The van der Waals surface area contributed by atoms with E-state index >= 15 is 0 Å². The Labute approximate surface area is 206 Å². The molecule has 9 nitrogen and oxygen atoms in total. The van der Waals surface area contributed by atoms with Crippen molar-refractivity contribution in [2.24, 2.45) is 0 Å². The molecule has 2 fully saturated rings. The van der Waals surface area contributed by atoms with Gasteiger partial charge in [0, 0.05) is 31.4 Å². The van der Waals surface area contributed by atoms with Gasteiger partial charge >= 0.3 is 0 Å². The van der Waals surface area contributed by atoms with E-state index in [4.69, 9.17) is 14.5 Å². The van der Waals surface area contributed by atoms with E-state index < -0.39 is 5.60 Å². The molecule has 0 spiro atoms. The van der Waals surface area contributed by atoms with Crippen molar-refractivity contribution in [3.63, 3.8) is 0 Å². The van der Waals surface area contributed by atoms with Gasteiger partial charge in [0.2, 0.25) is 5.95 Å². The predicted octanol–water partition coefficient (Wildman–Crippen LogP) is 4.06. The molecule has 2 aliphatic rings. The highest BCUT2D eigenvalue weighted by molar-refractivity contribution is 5.71. The Kier molecular flexibility index (Phi) is 6.71. The molecule has 3 heterocycles. The topological polar surface area (TPSA) is 96.2 Å². The number of hydrogen-bond acceptors (Lipinski definition) is 8. The highest BCUT2D eigenvalue weighted by atomic mass is 16.5. The first-order valence-corrected chi connectivity index (χ1v) is 12.5. The van der Waals surface area contributed by atoms with E-state index in [2.05, 4.69) is 27.7 Å². The molecule has 2 aromatic heterocycles. The van der Waals surface area contributed by atoms with Gasteiger partial charge in [-0.05, 0) is 76.8 Å². The summed E-state index contributed by atoms with van der Waals surface area (Å²) in [7, 11) is 3.80. The summed E-state index contributed by atoms with van der Waals surface area (Å²) in [6.45, 7) is 4.02. The summed E-state index contributed by atoms with van der Waals surface area (Å²) in [5.74, 6) is 2.73. The van der Waals surface area contributed by atoms with Gasteiger partial charge in [-0.2, -0.15) is 4.98 Å². The first kappa shape index (κ1) is 23.7. The van der Waals surface area contributed by atoms with Crippen LogP contribution in [-0.2, 0) is 0 Å². The molecule has 1 aliphatic carbocycles. The zero-order valence-electron chi connectivity index (χ0n) is 20.8. The van der Waals surface area contributed by atoms with Crippen molar-refractivity contribution in [3.05, 3.63) is 36.5 Å². The summed E-state index contributed by atoms with van der Waals surface area (Å²) in [4.78, 5) is 7.12. The van der Waals surface area contributed by atoms with Gasteiger partial charge in [-0.1, -0.05) is 0 Å². The van der Waals surface area contributed by atoms with Crippen LogP contribution in [0.5, 0.6) is 11.5 Å². The van der Waals surface area contributed by atoms with Crippen molar-refractivity contribution in [3.8, 4) is 11.5 Å². The molecule has 0 amide bonds. The van der Waals surface area contributed by atoms with Gasteiger partial charge in [0.15, 0.2) is 5.82 Å². The predicted molar refractivity (Wildman–Crippen MR) is 137 cm³/mol.